The molecule has 2 aromatic heterocycles. The van der Waals surface area contributed by atoms with Crippen LogP contribution in [0, 0.1) is 0 Å². The molecule has 20 heavy (non-hydrogen) atoms. The Balaban J connectivity index is 1.65. The Hall–Kier alpha value is -2.71. The van der Waals surface area contributed by atoms with E-state index in [9.17, 15) is 9.59 Å². The Kier molecular flexibility index (Phi) is 2.93. The Labute approximate surface area is 113 Å². The number of carbonyl (C=O) groups is 2. The Morgan fingerprint density at radius 2 is 2.30 bits per heavy atom. The number of anilines is 1. The average molecular weight is 275 g/mol. The van der Waals surface area contributed by atoms with E-state index in [4.69, 9.17) is 5.73 Å². The van der Waals surface area contributed by atoms with Crippen molar-refractivity contribution in [2.45, 2.75) is 25.3 Å². The molecule has 2 aromatic rings. The molecule has 0 aromatic carbocycles. The predicted molar refractivity (Wildman–Crippen MR) is 67.7 cm³/mol. The first kappa shape index (κ1) is 12.3. The second kappa shape index (κ2) is 4.76. The van der Waals surface area contributed by atoms with Crippen molar-refractivity contribution in [3.63, 3.8) is 0 Å². The van der Waals surface area contributed by atoms with Crippen molar-refractivity contribution < 1.29 is 9.59 Å². The number of hydrogen-bond acceptors (Lipinski definition) is 5. The molecular formula is C11H13N7O2. The molecule has 0 atom stereocenters. The van der Waals surface area contributed by atoms with Crippen molar-refractivity contribution in [1.29, 1.82) is 0 Å². The summed E-state index contributed by atoms with van der Waals surface area (Å²) in [6, 6.07) is 0. The van der Waals surface area contributed by atoms with Crippen LogP contribution in [0.4, 0.5) is 5.69 Å². The molecule has 1 saturated carbocycles. The molecule has 0 bridgehead atoms. The van der Waals surface area contributed by atoms with Crippen LogP contribution in [0.15, 0.2) is 12.4 Å². The van der Waals surface area contributed by atoms with Crippen LogP contribution in [0.5, 0.6) is 0 Å². The van der Waals surface area contributed by atoms with E-state index in [1.165, 1.54) is 17.1 Å². The zero-order valence-corrected chi connectivity index (χ0v) is 10.5. The minimum atomic E-state index is -0.506. The smallest absolute Gasteiger partial charge is 0.295 e. The molecule has 0 saturated heterocycles. The lowest BCUT2D eigenvalue weighted by atomic mass is 10.4. The number of H-pyrrole nitrogens is 1. The Bertz CT molecular complexity index is 655. The highest BCUT2D eigenvalue weighted by Crippen LogP contribution is 2.37. The minimum absolute atomic E-state index is 0.0393. The van der Waals surface area contributed by atoms with Gasteiger partial charge in [-0.1, -0.05) is 0 Å². The Morgan fingerprint density at radius 1 is 1.50 bits per heavy atom. The molecule has 0 spiro atoms. The number of primary amides is 1. The van der Waals surface area contributed by atoms with Gasteiger partial charge < -0.3 is 11.1 Å². The highest BCUT2D eigenvalue weighted by molar-refractivity contribution is 6.01. The van der Waals surface area contributed by atoms with E-state index in [-0.39, 0.29) is 12.4 Å². The molecule has 3 rings (SSSR count). The lowest BCUT2D eigenvalue weighted by molar-refractivity contribution is -0.118. The van der Waals surface area contributed by atoms with Crippen molar-refractivity contribution >= 4 is 17.5 Å². The van der Waals surface area contributed by atoms with Gasteiger partial charge in [0.2, 0.25) is 11.7 Å². The highest BCUT2D eigenvalue weighted by atomic mass is 16.2. The third-order valence-corrected chi connectivity index (χ3v) is 2.88. The number of aromatic amines is 1. The van der Waals surface area contributed by atoms with E-state index in [0.29, 0.717) is 11.6 Å². The van der Waals surface area contributed by atoms with Gasteiger partial charge in [-0.2, -0.15) is 5.10 Å². The van der Waals surface area contributed by atoms with E-state index >= 15 is 0 Å². The summed E-state index contributed by atoms with van der Waals surface area (Å²) >= 11 is 0. The largest absolute Gasteiger partial charge is 0.368 e. The summed E-state index contributed by atoms with van der Waals surface area (Å²) in [4.78, 5) is 26.8. The van der Waals surface area contributed by atoms with Crippen molar-refractivity contribution in [3.05, 3.63) is 24.0 Å². The third kappa shape index (κ3) is 2.66. The first-order chi connectivity index (χ1) is 9.61. The van der Waals surface area contributed by atoms with E-state index in [1.807, 2.05) is 0 Å². The average Bonchev–Trinajstić information content (AvgIpc) is 2.96. The standard InChI is InChI=1S/C11H13N7O2/c12-8(19)5-18-4-7(3-13-18)14-11(20)10-15-9(16-17-10)6-1-2-6/h3-4,6H,1-2,5H2,(H2,12,19)(H,14,20)(H,15,16,17). The maximum atomic E-state index is 11.9. The molecule has 2 amide bonds. The second-order valence-electron chi connectivity index (χ2n) is 4.67. The molecular weight excluding hydrogens is 262 g/mol. The lowest BCUT2D eigenvalue weighted by Crippen LogP contribution is -2.18. The number of carbonyl (C=O) groups excluding carboxylic acids is 2. The quantitative estimate of drug-likeness (QED) is 0.684. The van der Waals surface area contributed by atoms with Gasteiger partial charge in [0.25, 0.3) is 5.91 Å². The fraction of sp³-hybridized carbons (Fsp3) is 0.364. The predicted octanol–water partition coefficient (Wildman–Crippen LogP) is -0.384. The molecule has 0 radical (unpaired) electrons. The molecule has 2 heterocycles. The van der Waals surface area contributed by atoms with Crippen LogP contribution < -0.4 is 11.1 Å². The molecule has 9 nitrogen and oxygen atoms in total. The summed E-state index contributed by atoms with van der Waals surface area (Å²) in [5.74, 6) is 0.317. The number of nitrogens with one attached hydrogen (secondary N) is 2. The van der Waals surface area contributed by atoms with E-state index in [0.717, 1.165) is 18.7 Å². The first-order valence-corrected chi connectivity index (χ1v) is 6.16. The molecule has 104 valence electrons. The molecule has 1 aliphatic carbocycles. The Morgan fingerprint density at radius 3 is 3.00 bits per heavy atom. The van der Waals surface area contributed by atoms with Crippen LogP contribution in [-0.2, 0) is 11.3 Å². The van der Waals surface area contributed by atoms with Gasteiger partial charge in [0, 0.05) is 12.1 Å². The molecule has 1 aliphatic rings. The SMILES string of the molecule is NC(=O)Cn1cc(NC(=O)c2n[nH]c(C3CC3)n2)cn1. The molecule has 0 aliphatic heterocycles. The van der Waals surface area contributed by atoms with Crippen molar-refractivity contribution in [2.24, 2.45) is 5.73 Å². The van der Waals surface area contributed by atoms with Crippen LogP contribution >= 0.6 is 0 Å². The zero-order valence-electron chi connectivity index (χ0n) is 10.5. The van der Waals surface area contributed by atoms with Gasteiger partial charge in [0.1, 0.15) is 12.4 Å². The normalized spacial score (nSPS) is 14.2. The maximum Gasteiger partial charge on any atom is 0.295 e. The number of nitrogens with zero attached hydrogens (tertiary/aromatic N) is 4. The number of amides is 2. The number of aromatic nitrogens is 5. The van der Waals surface area contributed by atoms with Crippen LogP contribution in [0.2, 0.25) is 0 Å². The van der Waals surface area contributed by atoms with Gasteiger partial charge >= 0.3 is 0 Å². The van der Waals surface area contributed by atoms with Gasteiger partial charge in [0.15, 0.2) is 0 Å². The fourth-order valence-corrected chi connectivity index (χ4v) is 1.78. The number of rotatable bonds is 5. The van der Waals surface area contributed by atoms with Crippen LogP contribution in [0.3, 0.4) is 0 Å². The van der Waals surface area contributed by atoms with E-state index in [1.54, 1.807) is 0 Å². The summed E-state index contributed by atoms with van der Waals surface area (Å²) in [5, 5.41) is 13.1. The molecule has 1 fully saturated rings. The second-order valence-corrected chi connectivity index (χ2v) is 4.67. The van der Waals surface area contributed by atoms with Gasteiger partial charge in [0.05, 0.1) is 11.9 Å². The van der Waals surface area contributed by atoms with Crippen molar-refractivity contribution in [1.82, 2.24) is 25.0 Å². The van der Waals surface area contributed by atoms with Crippen LogP contribution in [-0.4, -0.2) is 36.8 Å². The summed E-state index contributed by atoms with van der Waals surface area (Å²) in [5.41, 5.74) is 5.50. The molecule has 9 heteroatoms. The van der Waals surface area contributed by atoms with Crippen molar-refractivity contribution in [3.8, 4) is 0 Å². The van der Waals surface area contributed by atoms with Crippen LogP contribution in [0.1, 0.15) is 35.2 Å². The lowest BCUT2D eigenvalue weighted by Gasteiger charge is -1.97. The first-order valence-electron chi connectivity index (χ1n) is 6.16. The number of hydrogen-bond donors (Lipinski definition) is 3. The summed E-state index contributed by atoms with van der Waals surface area (Å²) in [7, 11) is 0. The van der Waals surface area contributed by atoms with Crippen molar-refractivity contribution in [2.75, 3.05) is 5.32 Å². The summed E-state index contributed by atoms with van der Waals surface area (Å²) < 4.78 is 1.34. The van der Waals surface area contributed by atoms with Gasteiger partial charge in [-0.25, -0.2) is 4.98 Å². The highest BCUT2D eigenvalue weighted by Gasteiger charge is 2.28. The summed E-state index contributed by atoms with van der Waals surface area (Å²) in [6.45, 7) is -0.0393. The summed E-state index contributed by atoms with van der Waals surface area (Å²) in [6.07, 6.45) is 5.10. The maximum absolute atomic E-state index is 11.9. The third-order valence-electron chi connectivity index (χ3n) is 2.88. The monoisotopic (exact) mass is 275 g/mol. The van der Waals surface area contributed by atoms with E-state index in [2.05, 4.69) is 25.6 Å². The fourth-order valence-electron chi connectivity index (χ4n) is 1.78. The zero-order chi connectivity index (χ0) is 14.1. The van der Waals surface area contributed by atoms with Gasteiger partial charge in [-0.15, -0.1) is 5.10 Å². The molecule has 4 N–H and O–H groups in total. The minimum Gasteiger partial charge on any atom is -0.368 e. The van der Waals surface area contributed by atoms with Crippen LogP contribution in [0.25, 0.3) is 0 Å². The van der Waals surface area contributed by atoms with Gasteiger partial charge in [-0.05, 0) is 12.8 Å². The molecule has 0 unspecified atom stereocenters. The van der Waals surface area contributed by atoms with Gasteiger partial charge in [-0.3, -0.25) is 19.4 Å². The van der Waals surface area contributed by atoms with E-state index < -0.39 is 11.8 Å². The topological polar surface area (TPSA) is 132 Å². The number of nitrogens with two attached hydrogens (primary N) is 1.